The number of likely N-dealkylation sites (tertiary alicyclic amines) is 1. The number of hydrogen-bond donors (Lipinski definition) is 0. The van der Waals surface area contributed by atoms with Crippen molar-refractivity contribution in [3.05, 3.63) is 41.0 Å². The van der Waals surface area contributed by atoms with Gasteiger partial charge in [0.2, 0.25) is 0 Å². The molecule has 0 aliphatic carbocycles. The van der Waals surface area contributed by atoms with Crippen LogP contribution < -0.4 is 0 Å². The molecule has 0 N–H and O–H groups in total. The maximum Gasteiger partial charge on any atom is 0.257 e. The first kappa shape index (κ1) is 12.5. The van der Waals surface area contributed by atoms with Gasteiger partial charge in [-0.25, -0.2) is 0 Å². The average molecular weight is 324 g/mol. The maximum absolute atomic E-state index is 12.4. The Hall–Kier alpha value is -1.56. The lowest BCUT2D eigenvalue weighted by Gasteiger charge is -2.24. The first-order valence-electron chi connectivity index (χ1n) is 6.26. The van der Waals surface area contributed by atoms with E-state index in [1.54, 1.807) is 12.3 Å². The van der Waals surface area contributed by atoms with E-state index in [-0.39, 0.29) is 11.9 Å². The lowest BCUT2D eigenvalue weighted by molar-refractivity contribution is 0.0721. The zero-order valence-corrected chi connectivity index (χ0v) is 11.9. The highest BCUT2D eigenvalue weighted by atomic mass is 79.9. The zero-order chi connectivity index (χ0) is 13.2. The van der Waals surface area contributed by atoms with Gasteiger partial charge in [0.25, 0.3) is 5.91 Å². The van der Waals surface area contributed by atoms with E-state index >= 15 is 0 Å². The van der Waals surface area contributed by atoms with E-state index in [9.17, 15) is 4.79 Å². The minimum Gasteiger partial charge on any atom is -0.457 e. The molecule has 5 nitrogen and oxygen atoms in total. The molecule has 1 aliphatic heterocycles. The van der Waals surface area contributed by atoms with Crippen molar-refractivity contribution in [3.63, 3.8) is 0 Å². The number of hydrogen-bond acceptors (Lipinski definition) is 3. The molecule has 0 bridgehead atoms. The number of aromatic nitrogens is 2. The Morgan fingerprint density at radius 3 is 3.16 bits per heavy atom. The fourth-order valence-electron chi connectivity index (χ4n) is 2.51. The van der Waals surface area contributed by atoms with Crippen LogP contribution in [0.25, 0.3) is 0 Å². The molecule has 0 spiro atoms. The highest BCUT2D eigenvalue weighted by Gasteiger charge is 2.30. The molecule has 0 aromatic carbocycles. The van der Waals surface area contributed by atoms with E-state index in [0.29, 0.717) is 10.2 Å². The summed E-state index contributed by atoms with van der Waals surface area (Å²) in [4.78, 5) is 14.3. The molecule has 1 amide bonds. The van der Waals surface area contributed by atoms with Crippen LogP contribution in [-0.2, 0) is 6.54 Å². The van der Waals surface area contributed by atoms with Crippen LogP contribution in [0.1, 0.15) is 23.2 Å². The van der Waals surface area contributed by atoms with Crippen molar-refractivity contribution in [2.24, 2.45) is 0 Å². The molecular weight excluding hydrogens is 310 g/mol. The third kappa shape index (κ3) is 2.58. The molecule has 0 radical (unpaired) electrons. The van der Waals surface area contributed by atoms with Gasteiger partial charge in [-0.15, -0.1) is 0 Å². The summed E-state index contributed by atoms with van der Waals surface area (Å²) < 4.78 is 7.60. The van der Waals surface area contributed by atoms with Crippen molar-refractivity contribution < 1.29 is 9.21 Å². The van der Waals surface area contributed by atoms with Gasteiger partial charge in [0.05, 0.1) is 18.2 Å². The highest BCUT2D eigenvalue weighted by Crippen LogP contribution is 2.23. The average Bonchev–Trinajstić information content (AvgIpc) is 3.10. The number of rotatable bonds is 3. The number of carbonyl (C=O) groups is 1. The minimum absolute atomic E-state index is 0.0316. The van der Waals surface area contributed by atoms with Crippen LogP contribution in [0.4, 0.5) is 0 Å². The summed E-state index contributed by atoms with van der Waals surface area (Å²) >= 11 is 3.22. The van der Waals surface area contributed by atoms with Crippen LogP contribution in [0.3, 0.4) is 0 Å². The molecule has 1 saturated heterocycles. The van der Waals surface area contributed by atoms with Gasteiger partial charge in [0.15, 0.2) is 4.67 Å². The Morgan fingerprint density at radius 1 is 1.58 bits per heavy atom. The van der Waals surface area contributed by atoms with Crippen molar-refractivity contribution >= 4 is 21.8 Å². The van der Waals surface area contributed by atoms with E-state index in [1.807, 2.05) is 21.8 Å². The lowest BCUT2D eigenvalue weighted by Crippen LogP contribution is -2.38. The SMILES string of the molecule is O=C(c1coc(Br)c1)N1CCC[C@H]1Cn1cccn1. The number of furan rings is 1. The molecule has 2 aromatic rings. The summed E-state index contributed by atoms with van der Waals surface area (Å²) in [5, 5.41) is 4.20. The van der Waals surface area contributed by atoms with Crippen molar-refractivity contribution in [1.29, 1.82) is 0 Å². The summed E-state index contributed by atoms with van der Waals surface area (Å²) in [5.41, 5.74) is 0.597. The van der Waals surface area contributed by atoms with Crippen LogP contribution in [0.2, 0.25) is 0 Å². The summed E-state index contributed by atoms with van der Waals surface area (Å²) in [7, 11) is 0. The Bertz CT molecular complexity index is 564. The number of halogens is 1. The summed E-state index contributed by atoms with van der Waals surface area (Å²) in [6.45, 7) is 1.55. The molecule has 1 fully saturated rings. The van der Waals surface area contributed by atoms with Crippen molar-refractivity contribution in [1.82, 2.24) is 14.7 Å². The summed E-state index contributed by atoms with van der Waals surface area (Å²) in [6, 6.07) is 3.82. The first-order chi connectivity index (χ1) is 9.24. The molecule has 3 heterocycles. The molecule has 0 saturated carbocycles. The first-order valence-corrected chi connectivity index (χ1v) is 7.06. The second-order valence-corrected chi connectivity index (χ2v) is 5.44. The van der Waals surface area contributed by atoms with Crippen molar-refractivity contribution in [2.45, 2.75) is 25.4 Å². The smallest absolute Gasteiger partial charge is 0.257 e. The van der Waals surface area contributed by atoms with E-state index in [1.165, 1.54) is 6.26 Å². The largest absolute Gasteiger partial charge is 0.457 e. The van der Waals surface area contributed by atoms with Gasteiger partial charge in [-0.3, -0.25) is 9.48 Å². The standard InChI is InChI=1S/C13H14BrN3O2/c14-12-7-10(9-19-12)13(18)17-6-1-3-11(17)8-16-5-2-4-15-16/h2,4-5,7,9,11H,1,3,6,8H2/t11-/m0/s1. The number of nitrogens with zero attached hydrogens (tertiary/aromatic N) is 3. The quantitative estimate of drug-likeness (QED) is 0.872. The summed E-state index contributed by atoms with van der Waals surface area (Å²) in [6.07, 6.45) is 7.24. The van der Waals surface area contributed by atoms with Crippen LogP contribution >= 0.6 is 15.9 Å². The number of carbonyl (C=O) groups excluding carboxylic acids is 1. The van der Waals surface area contributed by atoms with Crippen molar-refractivity contribution in [3.8, 4) is 0 Å². The topological polar surface area (TPSA) is 51.3 Å². The predicted octanol–water partition coefficient (Wildman–Crippen LogP) is 2.54. The van der Waals surface area contributed by atoms with Gasteiger partial charge in [-0.2, -0.15) is 5.10 Å². The Balaban J connectivity index is 1.74. The predicted molar refractivity (Wildman–Crippen MR) is 72.7 cm³/mol. The van der Waals surface area contributed by atoms with Crippen LogP contribution in [0.5, 0.6) is 0 Å². The zero-order valence-electron chi connectivity index (χ0n) is 10.3. The lowest BCUT2D eigenvalue weighted by atomic mass is 10.2. The van der Waals surface area contributed by atoms with E-state index in [2.05, 4.69) is 21.0 Å². The van der Waals surface area contributed by atoms with Gasteiger partial charge in [0.1, 0.15) is 6.26 Å². The van der Waals surface area contributed by atoms with Crippen molar-refractivity contribution in [2.75, 3.05) is 6.54 Å². The molecule has 6 heteroatoms. The van der Waals surface area contributed by atoms with Gasteiger partial charge in [-0.05, 0) is 34.8 Å². The summed E-state index contributed by atoms with van der Waals surface area (Å²) in [5.74, 6) is 0.0316. The van der Waals surface area contributed by atoms with Gasteiger partial charge in [-0.1, -0.05) is 0 Å². The minimum atomic E-state index is 0.0316. The molecule has 1 atom stereocenters. The molecule has 100 valence electrons. The third-order valence-electron chi connectivity index (χ3n) is 3.41. The van der Waals surface area contributed by atoms with Crippen LogP contribution in [-0.4, -0.2) is 33.2 Å². The Kier molecular flexibility index (Phi) is 3.42. The van der Waals surface area contributed by atoms with Crippen LogP contribution in [0, 0.1) is 0 Å². The molecule has 1 aliphatic rings. The Morgan fingerprint density at radius 2 is 2.47 bits per heavy atom. The fourth-order valence-corrected chi connectivity index (χ4v) is 2.85. The second kappa shape index (κ2) is 5.21. The number of amides is 1. The van der Waals surface area contributed by atoms with E-state index in [4.69, 9.17) is 4.42 Å². The molecule has 2 aromatic heterocycles. The molecule has 19 heavy (non-hydrogen) atoms. The monoisotopic (exact) mass is 323 g/mol. The van der Waals surface area contributed by atoms with Gasteiger partial charge < -0.3 is 9.32 Å². The molecular formula is C13H14BrN3O2. The van der Waals surface area contributed by atoms with Gasteiger partial charge in [0, 0.05) is 25.0 Å². The van der Waals surface area contributed by atoms with Gasteiger partial charge >= 0.3 is 0 Å². The third-order valence-corrected chi connectivity index (χ3v) is 3.83. The van der Waals surface area contributed by atoms with Crippen LogP contribution in [0.15, 0.2) is 39.9 Å². The molecule has 0 unspecified atom stereocenters. The normalized spacial score (nSPS) is 19.0. The molecule has 3 rings (SSSR count). The Labute approximate surface area is 119 Å². The fraction of sp³-hybridized carbons (Fsp3) is 0.385. The maximum atomic E-state index is 12.4. The highest BCUT2D eigenvalue weighted by molar-refractivity contribution is 9.10. The second-order valence-electron chi connectivity index (χ2n) is 4.66. The van der Waals surface area contributed by atoms with E-state index < -0.39 is 0 Å². The van der Waals surface area contributed by atoms with E-state index in [0.717, 1.165) is 25.9 Å².